The van der Waals surface area contributed by atoms with Gasteiger partial charge in [0.15, 0.2) is 5.81 Å². The SMILES string of the molecule is BC(=O)N(C)NNC. The molecule has 0 aliphatic heterocycles. The van der Waals surface area contributed by atoms with Crippen LogP contribution in [-0.4, -0.2) is 32.8 Å². The largest absolute Gasteiger partial charge is 0.287 e. The Morgan fingerprint density at radius 1 is 1.75 bits per heavy atom. The van der Waals surface area contributed by atoms with Crippen molar-refractivity contribution in [2.45, 2.75) is 0 Å². The zero-order valence-electron chi connectivity index (χ0n) is 5.36. The third-order valence-corrected chi connectivity index (χ3v) is 0.752. The van der Waals surface area contributed by atoms with Gasteiger partial charge in [0, 0.05) is 14.1 Å². The van der Waals surface area contributed by atoms with Crippen LogP contribution in [0.2, 0.25) is 0 Å². The molecule has 0 aromatic heterocycles. The molecule has 0 aromatic rings. The number of nitrogens with zero attached hydrogens (tertiary/aromatic N) is 1. The third-order valence-electron chi connectivity index (χ3n) is 0.752. The normalized spacial score (nSPS) is 8.75. The predicted octanol–water partition coefficient (Wildman–Crippen LogP) is -1.69. The first kappa shape index (κ1) is 7.45. The standard InChI is InChI=1S/C3H10BN3O/c1-5-6-7(2)3(4)8/h5-6H,4H2,1-2H3. The van der Waals surface area contributed by atoms with Crippen LogP contribution >= 0.6 is 0 Å². The molecule has 0 aromatic carbocycles. The van der Waals surface area contributed by atoms with Gasteiger partial charge in [-0.05, 0) is 0 Å². The second kappa shape index (κ2) is 3.46. The Labute approximate surface area is 49.6 Å². The molecule has 0 aliphatic rings. The van der Waals surface area contributed by atoms with Crippen LogP contribution in [-0.2, 0) is 0 Å². The highest BCUT2D eigenvalue weighted by Gasteiger charge is 1.95. The number of hydrogen-bond donors (Lipinski definition) is 2. The first-order valence-electron chi connectivity index (χ1n) is 2.35. The average molecular weight is 115 g/mol. The molecule has 0 rings (SSSR count). The van der Waals surface area contributed by atoms with Crippen LogP contribution in [0, 0.1) is 0 Å². The summed E-state index contributed by atoms with van der Waals surface area (Å²) < 4.78 is 0. The molecule has 0 aliphatic carbocycles. The van der Waals surface area contributed by atoms with E-state index >= 15 is 0 Å². The van der Waals surface area contributed by atoms with E-state index in [4.69, 9.17) is 0 Å². The lowest BCUT2D eigenvalue weighted by Gasteiger charge is -2.14. The van der Waals surface area contributed by atoms with Gasteiger partial charge in [-0.2, -0.15) is 5.53 Å². The lowest BCUT2D eigenvalue weighted by atomic mass is 10.1. The Balaban J connectivity index is 3.32. The summed E-state index contributed by atoms with van der Waals surface area (Å²) in [6, 6.07) is 0. The van der Waals surface area contributed by atoms with Crippen LogP contribution < -0.4 is 11.0 Å². The van der Waals surface area contributed by atoms with Gasteiger partial charge in [-0.1, -0.05) is 0 Å². The van der Waals surface area contributed by atoms with Crippen molar-refractivity contribution in [2.75, 3.05) is 14.1 Å². The molecule has 4 nitrogen and oxygen atoms in total. The fourth-order valence-corrected chi connectivity index (χ4v) is 0.246. The minimum atomic E-state index is -0.0284. The van der Waals surface area contributed by atoms with Crippen LogP contribution in [0.3, 0.4) is 0 Å². The molecule has 0 radical (unpaired) electrons. The Hall–Kier alpha value is -0.545. The summed E-state index contributed by atoms with van der Waals surface area (Å²) in [5.74, 6) is -0.0284. The molecule has 5 heteroatoms. The maximum atomic E-state index is 10.4. The van der Waals surface area contributed by atoms with E-state index in [1.807, 2.05) is 0 Å². The van der Waals surface area contributed by atoms with E-state index < -0.39 is 0 Å². The lowest BCUT2D eigenvalue weighted by Crippen LogP contribution is -2.45. The quantitative estimate of drug-likeness (QED) is 0.333. The summed E-state index contributed by atoms with van der Waals surface area (Å²) in [4.78, 5) is 10.4. The average Bonchev–Trinajstić information content (AvgIpc) is 1.67. The molecular weight excluding hydrogens is 105 g/mol. The van der Waals surface area contributed by atoms with Crippen molar-refractivity contribution in [3.63, 3.8) is 0 Å². The van der Waals surface area contributed by atoms with Gasteiger partial charge in [0.05, 0.1) is 0 Å². The fourth-order valence-electron chi connectivity index (χ4n) is 0.246. The van der Waals surface area contributed by atoms with Crippen molar-refractivity contribution in [2.24, 2.45) is 0 Å². The highest BCUT2D eigenvalue weighted by molar-refractivity contribution is 6.56. The number of hydrogen-bond acceptors (Lipinski definition) is 3. The summed E-state index contributed by atoms with van der Waals surface area (Å²) in [6.07, 6.45) is 0. The van der Waals surface area contributed by atoms with Gasteiger partial charge < -0.3 is 0 Å². The minimum absolute atomic E-state index is 0.0284. The van der Waals surface area contributed by atoms with E-state index in [1.54, 1.807) is 14.1 Å². The van der Waals surface area contributed by atoms with Crippen LogP contribution in [0.25, 0.3) is 0 Å². The molecule has 0 atom stereocenters. The second-order valence-electron chi connectivity index (χ2n) is 1.44. The number of nitrogens with one attached hydrogen (secondary N) is 2. The maximum Gasteiger partial charge on any atom is 0.217 e. The molecule has 0 saturated heterocycles. The fraction of sp³-hybridized carbons (Fsp3) is 0.667. The molecule has 46 valence electrons. The van der Waals surface area contributed by atoms with Crippen LogP contribution in [0.1, 0.15) is 0 Å². The van der Waals surface area contributed by atoms with Crippen molar-refractivity contribution in [1.82, 2.24) is 16.0 Å². The first-order valence-corrected chi connectivity index (χ1v) is 2.35. The smallest absolute Gasteiger partial charge is 0.217 e. The number of carbonyl (C=O) groups excluding carboxylic acids is 1. The van der Waals surface area contributed by atoms with Gasteiger partial charge in [-0.25, -0.2) is 5.43 Å². The van der Waals surface area contributed by atoms with E-state index in [0.29, 0.717) is 0 Å². The van der Waals surface area contributed by atoms with Crippen LogP contribution in [0.15, 0.2) is 0 Å². The molecule has 1 amide bonds. The van der Waals surface area contributed by atoms with Crippen molar-refractivity contribution >= 4 is 13.7 Å². The van der Waals surface area contributed by atoms with E-state index in [2.05, 4.69) is 11.0 Å². The third kappa shape index (κ3) is 2.60. The monoisotopic (exact) mass is 115 g/mol. The van der Waals surface area contributed by atoms with E-state index in [1.165, 1.54) is 12.9 Å². The van der Waals surface area contributed by atoms with Crippen molar-refractivity contribution < 1.29 is 4.79 Å². The Morgan fingerprint density at radius 3 is 2.38 bits per heavy atom. The lowest BCUT2D eigenvalue weighted by molar-refractivity contribution is 0.200. The summed E-state index contributed by atoms with van der Waals surface area (Å²) in [5.41, 5.74) is 5.18. The van der Waals surface area contributed by atoms with Crippen molar-refractivity contribution in [3.05, 3.63) is 0 Å². The zero-order chi connectivity index (χ0) is 6.57. The maximum absolute atomic E-state index is 10.4. The van der Waals surface area contributed by atoms with Gasteiger partial charge in [0.25, 0.3) is 0 Å². The van der Waals surface area contributed by atoms with Gasteiger partial charge >= 0.3 is 0 Å². The topological polar surface area (TPSA) is 44.4 Å². The summed E-state index contributed by atoms with van der Waals surface area (Å²) in [7, 11) is 4.81. The highest BCUT2D eigenvalue weighted by Crippen LogP contribution is 1.69. The van der Waals surface area contributed by atoms with Crippen LogP contribution in [0.5, 0.6) is 0 Å². The molecule has 0 unspecified atom stereocenters. The Kier molecular flexibility index (Phi) is 3.22. The van der Waals surface area contributed by atoms with Crippen molar-refractivity contribution in [1.29, 1.82) is 0 Å². The molecule has 0 spiro atoms. The van der Waals surface area contributed by atoms with Gasteiger partial charge in [-0.15, -0.1) is 0 Å². The molecule has 0 heterocycles. The van der Waals surface area contributed by atoms with E-state index in [9.17, 15) is 4.79 Å². The van der Waals surface area contributed by atoms with E-state index in [-0.39, 0.29) is 5.81 Å². The highest BCUT2D eigenvalue weighted by atomic mass is 16.2. The number of hydrazine groups is 2. The second-order valence-corrected chi connectivity index (χ2v) is 1.44. The van der Waals surface area contributed by atoms with Gasteiger partial charge in [0.1, 0.15) is 0 Å². The molecule has 0 fully saturated rings. The van der Waals surface area contributed by atoms with Crippen LogP contribution in [0.4, 0.5) is 4.79 Å². The first-order chi connectivity index (χ1) is 3.68. The minimum Gasteiger partial charge on any atom is -0.287 e. The van der Waals surface area contributed by atoms with Gasteiger partial charge in [-0.3, -0.25) is 9.80 Å². The molecule has 0 bridgehead atoms. The number of rotatable bonds is 2. The zero-order valence-corrected chi connectivity index (χ0v) is 5.36. The summed E-state index contributed by atoms with van der Waals surface area (Å²) in [6.45, 7) is 0. The van der Waals surface area contributed by atoms with Gasteiger partial charge in [0.2, 0.25) is 7.85 Å². The molecule has 0 saturated carbocycles. The van der Waals surface area contributed by atoms with Crippen molar-refractivity contribution in [3.8, 4) is 0 Å². The number of carbonyl (C=O) groups is 1. The predicted molar refractivity (Wildman–Crippen MR) is 33.9 cm³/mol. The Bertz CT molecular complexity index is 86.6. The molecule has 8 heavy (non-hydrogen) atoms. The summed E-state index contributed by atoms with van der Waals surface area (Å²) >= 11 is 0. The molecular formula is C3H10BN3O. The number of amides is 1. The Morgan fingerprint density at radius 2 is 2.25 bits per heavy atom. The summed E-state index contributed by atoms with van der Waals surface area (Å²) in [5, 5.41) is 1.35. The molecule has 2 N–H and O–H groups in total. The van der Waals surface area contributed by atoms with E-state index in [0.717, 1.165) is 0 Å².